The van der Waals surface area contributed by atoms with E-state index in [1.807, 2.05) is 13.8 Å². The first kappa shape index (κ1) is 18.2. The maximum atomic E-state index is 12.7. The first-order valence-corrected chi connectivity index (χ1v) is 9.40. The first-order chi connectivity index (χ1) is 11.8. The number of likely N-dealkylation sites (tertiary alicyclic amines) is 1. The van der Waals surface area contributed by atoms with Crippen LogP contribution in [0.3, 0.4) is 0 Å². The van der Waals surface area contributed by atoms with Gasteiger partial charge in [-0.25, -0.2) is 0 Å². The summed E-state index contributed by atoms with van der Waals surface area (Å²) in [4.78, 5) is 28.3. The van der Waals surface area contributed by atoms with Crippen molar-refractivity contribution in [2.24, 2.45) is 5.92 Å². The molecule has 1 unspecified atom stereocenters. The number of nitrogens with zero attached hydrogens (tertiary/aromatic N) is 4. The molecule has 8 nitrogen and oxygen atoms in total. The van der Waals surface area contributed by atoms with Crippen molar-refractivity contribution in [2.75, 3.05) is 31.1 Å². The zero-order valence-corrected chi connectivity index (χ0v) is 15.3. The number of amides is 2. The minimum absolute atomic E-state index is 0.0653. The zero-order chi connectivity index (χ0) is 18.2. The van der Waals surface area contributed by atoms with Crippen molar-refractivity contribution < 1.29 is 19.8 Å². The largest absolute Gasteiger partial charge is 0.393 e. The lowest BCUT2D eigenvalue weighted by Gasteiger charge is -2.37. The molecule has 0 aromatic carbocycles. The van der Waals surface area contributed by atoms with E-state index < -0.39 is 5.60 Å². The van der Waals surface area contributed by atoms with Crippen molar-refractivity contribution in [1.29, 1.82) is 0 Å². The van der Waals surface area contributed by atoms with Gasteiger partial charge in [0.2, 0.25) is 16.9 Å². The van der Waals surface area contributed by atoms with Crippen molar-refractivity contribution >= 4 is 28.3 Å². The second-order valence-electron chi connectivity index (χ2n) is 7.19. The molecule has 2 amide bonds. The van der Waals surface area contributed by atoms with E-state index in [0.717, 1.165) is 5.01 Å². The van der Waals surface area contributed by atoms with Gasteiger partial charge >= 0.3 is 0 Å². The summed E-state index contributed by atoms with van der Waals surface area (Å²) in [6.45, 7) is 4.87. The van der Waals surface area contributed by atoms with Crippen LogP contribution in [0.2, 0.25) is 0 Å². The third-order valence-electron chi connectivity index (χ3n) is 4.93. The van der Waals surface area contributed by atoms with E-state index in [4.69, 9.17) is 0 Å². The van der Waals surface area contributed by atoms with Crippen LogP contribution < -0.4 is 4.90 Å². The average Bonchev–Trinajstić information content (AvgIpc) is 3.21. The molecule has 3 heterocycles. The van der Waals surface area contributed by atoms with Gasteiger partial charge in [-0.15, -0.1) is 10.2 Å². The number of aliphatic hydroxyl groups excluding tert-OH is 1. The summed E-state index contributed by atoms with van der Waals surface area (Å²) in [6.07, 6.45) is 0.887. The monoisotopic (exact) mass is 368 g/mol. The topological polar surface area (TPSA) is 107 Å². The Kier molecular flexibility index (Phi) is 5.08. The number of carbonyl (C=O) groups excluding carboxylic acids is 2. The van der Waals surface area contributed by atoms with Crippen molar-refractivity contribution in [3.05, 3.63) is 5.01 Å². The standard InChI is InChI=1S/C16H24N4O4S/c1-10(2)13-17-18-15(25-13)20-8-11(7-12(20)22)14(23)19-5-3-16(24,9-21)4-6-19/h10-11,21,24H,3-9H2,1-2H3. The fraction of sp³-hybridized carbons (Fsp3) is 0.750. The van der Waals surface area contributed by atoms with Gasteiger partial charge in [-0.1, -0.05) is 25.2 Å². The third kappa shape index (κ3) is 3.68. The molecular formula is C16H24N4O4S. The molecule has 2 saturated heterocycles. The number of rotatable bonds is 4. The summed E-state index contributed by atoms with van der Waals surface area (Å²) >= 11 is 1.39. The Morgan fingerprint density at radius 3 is 2.60 bits per heavy atom. The molecule has 0 aliphatic carbocycles. The molecule has 0 bridgehead atoms. The van der Waals surface area contributed by atoms with Crippen molar-refractivity contribution in [3.8, 4) is 0 Å². The van der Waals surface area contributed by atoms with Gasteiger partial charge in [0, 0.05) is 32.0 Å². The Morgan fingerprint density at radius 1 is 1.36 bits per heavy atom. The zero-order valence-electron chi connectivity index (χ0n) is 14.5. The molecule has 2 aliphatic heterocycles. The molecule has 0 spiro atoms. The Hall–Kier alpha value is -1.58. The molecule has 25 heavy (non-hydrogen) atoms. The normalized spacial score (nSPS) is 23.6. The van der Waals surface area contributed by atoms with Gasteiger partial charge in [-0.2, -0.15) is 0 Å². The predicted octanol–water partition coefficient (Wildman–Crippen LogP) is 0.360. The highest BCUT2D eigenvalue weighted by atomic mass is 32.1. The molecule has 2 aliphatic rings. The Morgan fingerprint density at radius 2 is 2.04 bits per heavy atom. The summed E-state index contributed by atoms with van der Waals surface area (Å²) in [7, 11) is 0. The molecule has 1 aromatic heterocycles. The lowest BCUT2D eigenvalue weighted by atomic mass is 9.91. The fourth-order valence-electron chi connectivity index (χ4n) is 3.19. The van der Waals surface area contributed by atoms with Crippen LogP contribution in [0.1, 0.15) is 44.0 Å². The Labute approximate surface area is 150 Å². The van der Waals surface area contributed by atoms with Gasteiger partial charge in [0.1, 0.15) is 5.01 Å². The number of piperidine rings is 1. The Balaban J connectivity index is 1.63. The number of aromatic nitrogens is 2. The van der Waals surface area contributed by atoms with Crippen LogP contribution in [0.25, 0.3) is 0 Å². The molecular weight excluding hydrogens is 344 g/mol. The Bertz CT molecular complexity index is 654. The van der Waals surface area contributed by atoms with E-state index in [1.165, 1.54) is 11.3 Å². The summed E-state index contributed by atoms with van der Waals surface area (Å²) in [5, 5.41) is 28.9. The maximum Gasteiger partial charge on any atom is 0.229 e. The minimum Gasteiger partial charge on any atom is -0.393 e. The van der Waals surface area contributed by atoms with E-state index in [9.17, 15) is 19.8 Å². The molecule has 2 N–H and O–H groups in total. The van der Waals surface area contributed by atoms with Gasteiger partial charge in [0.05, 0.1) is 18.1 Å². The van der Waals surface area contributed by atoms with Crippen molar-refractivity contribution in [1.82, 2.24) is 15.1 Å². The quantitative estimate of drug-likeness (QED) is 0.795. The van der Waals surface area contributed by atoms with Crippen LogP contribution in [0.4, 0.5) is 5.13 Å². The smallest absolute Gasteiger partial charge is 0.229 e. The van der Waals surface area contributed by atoms with Gasteiger partial charge in [-0.05, 0) is 12.8 Å². The third-order valence-corrected chi connectivity index (χ3v) is 6.18. The van der Waals surface area contributed by atoms with Crippen LogP contribution in [0.5, 0.6) is 0 Å². The summed E-state index contributed by atoms with van der Waals surface area (Å²) in [6, 6.07) is 0. The lowest BCUT2D eigenvalue weighted by Crippen LogP contribution is -2.50. The molecule has 1 aromatic rings. The second-order valence-corrected chi connectivity index (χ2v) is 8.18. The van der Waals surface area contributed by atoms with Gasteiger partial charge < -0.3 is 15.1 Å². The highest BCUT2D eigenvalue weighted by Crippen LogP contribution is 2.32. The molecule has 9 heteroatoms. The van der Waals surface area contributed by atoms with Crippen molar-refractivity contribution in [3.63, 3.8) is 0 Å². The number of aliphatic hydroxyl groups is 2. The summed E-state index contributed by atoms with van der Waals surface area (Å²) < 4.78 is 0. The number of anilines is 1. The average molecular weight is 368 g/mol. The number of hydrogen-bond donors (Lipinski definition) is 2. The van der Waals surface area contributed by atoms with Gasteiger partial charge in [-0.3, -0.25) is 14.5 Å². The summed E-state index contributed by atoms with van der Waals surface area (Å²) in [5.74, 6) is -0.308. The fourth-order valence-corrected chi connectivity index (χ4v) is 4.06. The van der Waals surface area contributed by atoms with Crippen LogP contribution >= 0.6 is 11.3 Å². The molecule has 0 saturated carbocycles. The van der Waals surface area contributed by atoms with E-state index in [0.29, 0.717) is 37.6 Å². The minimum atomic E-state index is -1.09. The van der Waals surface area contributed by atoms with Crippen molar-refractivity contribution in [2.45, 2.75) is 44.6 Å². The van der Waals surface area contributed by atoms with Gasteiger partial charge in [0.25, 0.3) is 0 Å². The van der Waals surface area contributed by atoms with Crippen LogP contribution in [-0.2, 0) is 9.59 Å². The molecule has 1 atom stereocenters. The van der Waals surface area contributed by atoms with Gasteiger partial charge in [0.15, 0.2) is 0 Å². The molecule has 0 radical (unpaired) electrons. The molecule has 138 valence electrons. The van der Waals surface area contributed by atoms with E-state index in [2.05, 4.69) is 10.2 Å². The van der Waals surface area contributed by atoms with E-state index in [1.54, 1.807) is 9.80 Å². The van der Waals surface area contributed by atoms with Crippen LogP contribution in [-0.4, -0.2) is 69.0 Å². The second kappa shape index (κ2) is 6.97. The highest BCUT2D eigenvalue weighted by Gasteiger charge is 2.41. The SMILES string of the molecule is CC(C)c1nnc(N2CC(C(=O)N3CCC(O)(CO)CC3)CC2=O)s1. The van der Waals surface area contributed by atoms with E-state index in [-0.39, 0.29) is 36.7 Å². The predicted molar refractivity (Wildman–Crippen MR) is 92.3 cm³/mol. The van der Waals surface area contributed by atoms with E-state index >= 15 is 0 Å². The number of hydrogen-bond acceptors (Lipinski definition) is 7. The maximum absolute atomic E-state index is 12.7. The van der Waals surface area contributed by atoms with Crippen LogP contribution in [0, 0.1) is 5.92 Å². The molecule has 3 rings (SSSR count). The highest BCUT2D eigenvalue weighted by molar-refractivity contribution is 7.15. The van der Waals surface area contributed by atoms with Crippen LogP contribution in [0.15, 0.2) is 0 Å². The lowest BCUT2D eigenvalue weighted by molar-refractivity contribution is -0.141. The molecule has 2 fully saturated rings. The number of carbonyl (C=O) groups is 2. The first-order valence-electron chi connectivity index (χ1n) is 8.59. The summed E-state index contributed by atoms with van der Waals surface area (Å²) in [5.41, 5.74) is -1.09.